The van der Waals surface area contributed by atoms with Gasteiger partial charge in [-0.05, 0) is 55.5 Å². The van der Waals surface area contributed by atoms with Gasteiger partial charge in [-0.2, -0.15) is 26.3 Å². The lowest BCUT2D eigenvalue weighted by Crippen LogP contribution is -2.43. The highest BCUT2D eigenvalue weighted by molar-refractivity contribution is 5.78. The third-order valence-corrected chi connectivity index (χ3v) is 6.68. The quantitative estimate of drug-likeness (QED) is 0.499. The van der Waals surface area contributed by atoms with E-state index in [1.54, 1.807) is 6.20 Å². The van der Waals surface area contributed by atoms with Crippen LogP contribution in [0.4, 0.5) is 26.3 Å². The lowest BCUT2D eigenvalue weighted by atomic mass is 9.77. The van der Waals surface area contributed by atoms with Crippen molar-refractivity contribution in [3.63, 3.8) is 0 Å². The average molecular weight is 593 g/mol. The molecule has 4 rings (SSSR count). The van der Waals surface area contributed by atoms with Crippen molar-refractivity contribution in [2.24, 2.45) is 11.8 Å². The maximum Gasteiger partial charge on any atom is 0.490 e. The zero-order valence-electron chi connectivity index (χ0n) is 22.0. The molecule has 15 heteroatoms. The molecule has 2 N–H and O–H groups in total. The number of nitrogens with zero attached hydrogens (tertiary/aromatic N) is 4. The molecule has 3 atom stereocenters. The molecule has 3 unspecified atom stereocenters. The number of hydrogen-bond donors (Lipinski definition) is 2. The van der Waals surface area contributed by atoms with Crippen LogP contribution in [0.3, 0.4) is 0 Å². The van der Waals surface area contributed by atoms with E-state index in [2.05, 4.69) is 32.9 Å². The van der Waals surface area contributed by atoms with E-state index in [-0.39, 0.29) is 5.91 Å². The number of carboxylic acids is 2. The van der Waals surface area contributed by atoms with Gasteiger partial charge in [-0.25, -0.2) is 9.59 Å². The van der Waals surface area contributed by atoms with Crippen LogP contribution in [0.25, 0.3) is 0 Å². The number of alkyl halides is 6. The van der Waals surface area contributed by atoms with Crippen molar-refractivity contribution in [3.05, 3.63) is 60.2 Å². The maximum absolute atomic E-state index is 12.8. The topological polar surface area (TPSA) is 124 Å². The molecule has 1 aliphatic heterocycles. The third-order valence-electron chi connectivity index (χ3n) is 6.68. The van der Waals surface area contributed by atoms with E-state index in [1.807, 2.05) is 36.7 Å². The summed E-state index contributed by atoms with van der Waals surface area (Å²) in [6.07, 6.45) is -0.496. The van der Waals surface area contributed by atoms with Crippen LogP contribution in [0.2, 0.25) is 0 Å². The monoisotopic (exact) mass is 592 g/mol. The Morgan fingerprint density at radius 2 is 1.59 bits per heavy atom. The van der Waals surface area contributed by atoms with Gasteiger partial charge in [0.2, 0.25) is 5.91 Å². The fraction of sp³-hybridized carbons (Fsp3) is 0.500. The second-order valence-corrected chi connectivity index (χ2v) is 9.60. The summed E-state index contributed by atoms with van der Waals surface area (Å²) in [5.74, 6) is -4.09. The number of carbonyl (C=O) groups excluding carboxylic acids is 1. The first-order valence-corrected chi connectivity index (χ1v) is 12.5. The van der Waals surface area contributed by atoms with Crippen LogP contribution in [0, 0.1) is 11.8 Å². The van der Waals surface area contributed by atoms with Crippen molar-refractivity contribution < 1.29 is 50.9 Å². The summed E-state index contributed by atoms with van der Waals surface area (Å²) in [5, 5.41) is 14.2. The molecule has 0 aromatic carbocycles. The zero-order chi connectivity index (χ0) is 30.8. The van der Waals surface area contributed by atoms with Crippen LogP contribution in [0.5, 0.6) is 0 Å². The van der Waals surface area contributed by atoms with Gasteiger partial charge in [0.1, 0.15) is 0 Å². The van der Waals surface area contributed by atoms with Gasteiger partial charge >= 0.3 is 24.3 Å². The molecule has 0 bridgehead atoms. The molecule has 2 aromatic heterocycles. The number of hydrogen-bond acceptors (Lipinski definition) is 6. The fourth-order valence-electron chi connectivity index (χ4n) is 4.86. The van der Waals surface area contributed by atoms with E-state index in [0.29, 0.717) is 24.3 Å². The molecule has 0 radical (unpaired) electrons. The maximum atomic E-state index is 12.8. The summed E-state index contributed by atoms with van der Waals surface area (Å²) in [6.45, 7) is 2.72. The third kappa shape index (κ3) is 11.0. The molecule has 1 aliphatic carbocycles. The second kappa shape index (κ2) is 14.8. The molecule has 1 saturated carbocycles. The van der Waals surface area contributed by atoms with Crippen molar-refractivity contribution in [1.82, 2.24) is 19.8 Å². The minimum Gasteiger partial charge on any atom is -0.475 e. The predicted octanol–water partition coefficient (Wildman–Crippen LogP) is 4.04. The van der Waals surface area contributed by atoms with Gasteiger partial charge in [0.05, 0.1) is 6.42 Å². The van der Waals surface area contributed by atoms with Crippen LogP contribution in [0.15, 0.2) is 48.9 Å². The number of likely N-dealkylation sites (tertiary alicyclic amines) is 1. The fourth-order valence-corrected chi connectivity index (χ4v) is 4.86. The molecule has 2 fully saturated rings. The Morgan fingerprint density at radius 1 is 0.951 bits per heavy atom. The Labute approximate surface area is 231 Å². The summed E-state index contributed by atoms with van der Waals surface area (Å²) in [7, 11) is 2.22. The number of aliphatic carboxylic acids is 2. The molecule has 2 aliphatic rings. The minimum absolute atomic E-state index is 0.219. The molecule has 9 nitrogen and oxygen atoms in total. The molecule has 2 aromatic rings. The van der Waals surface area contributed by atoms with Crippen molar-refractivity contribution in [2.75, 3.05) is 20.1 Å². The first-order valence-electron chi connectivity index (χ1n) is 12.5. The largest absolute Gasteiger partial charge is 0.490 e. The highest BCUT2D eigenvalue weighted by Crippen LogP contribution is 2.39. The van der Waals surface area contributed by atoms with Crippen molar-refractivity contribution in [3.8, 4) is 0 Å². The Morgan fingerprint density at radius 3 is 2.10 bits per heavy atom. The summed E-state index contributed by atoms with van der Waals surface area (Å²) in [5.41, 5.74) is 2.12. The van der Waals surface area contributed by atoms with Gasteiger partial charge < -0.3 is 15.1 Å². The van der Waals surface area contributed by atoms with Crippen molar-refractivity contribution in [2.45, 2.75) is 50.6 Å². The number of rotatable bonds is 5. The van der Waals surface area contributed by atoms with E-state index in [4.69, 9.17) is 19.8 Å². The molecule has 41 heavy (non-hydrogen) atoms. The van der Waals surface area contributed by atoms with Gasteiger partial charge in [0, 0.05) is 50.0 Å². The smallest absolute Gasteiger partial charge is 0.475 e. The number of halogens is 6. The lowest BCUT2D eigenvalue weighted by molar-refractivity contribution is -0.193. The summed E-state index contributed by atoms with van der Waals surface area (Å²) >= 11 is 0. The van der Waals surface area contributed by atoms with Crippen molar-refractivity contribution in [1.29, 1.82) is 0 Å². The number of fused-ring (bicyclic) bond motifs is 1. The van der Waals surface area contributed by atoms with Crippen LogP contribution >= 0.6 is 0 Å². The molecule has 226 valence electrons. The standard InChI is InChI=1S/C22H28N4O.2C2HF3O2/c1-25(14-17-6-5-10-23-13-17)21-9-4-7-18-15-26(16-20(18)21)22(27)12-19-8-2-3-11-24-19;2*3-2(4,5)1(6)7/h2-3,5-6,8,10-11,13,18,20-21H,4,7,9,12,14-16H2,1H3;2*(H,6,7). The Balaban J connectivity index is 0.000000349. The second-order valence-electron chi connectivity index (χ2n) is 9.60. The Kier molecular flexibility index (Phi) is 12.0. The van der Waals surface area contributed by atoms with E-state index >= 15 is 0 Å². The van der Waals surface area contributed by atoms with Crippen LogP contribution in [-0.4, -0.2) is 86.4 Å². The molecular weight excluding hydrogens is 562 g/mol. The van der Waals surface area contributed by atoms with E-state index in [0.717, 1.165) is 25.3 Å². The van der Waals surface area contributed by atoms with Crippen LogP contribution in [-0.2, 0) is 27.3 Å². The van der Waals surface area contributed by atoms with E-state index in [9.17, 15) is 31.1 Å². The van der Waals surface area contributed by atoms with Gasteiger partial charge in [0.15, 0.2) is 0 Å². The highest BCUT2D eigenvalue weighted by Gasteiger charge is 2.43. The SMILES string of the molecule is CN(Cc1cccnc1)C1CCCC2CN(C(=O)Cc3ccccn3)CC21.O=C(O)C(F)(F)F.O=C(O)C(F)(F)F. The summed E-state index contributed by atoms with van der Waals surface area (Å²) in [4.78, 5) is 43.7. The first-order chi connectivity index (χ1) is 19.1. The summed E-state index contributed by atoms with van der Waals surface area (Å²) in [6, 6.07) is 10.5. The molecule has 1 saturated heterocycles. The van der Waals surface area contributed by atoms with Crippen LogP contribution in [0.1, 0.15) is 30.5 Å². The van der Waals surface area contributed by atoms with Crippen molar-refractivity contribution >= 4 is 17.8 Å². The average Bonchev–Trinajstić information content (AvgIpc) is 3.34. The molecule has 1 amide bonds. The normalized spacial score (nSPS) is 20.2. The van der Waals surface area contributed by atoms with Gasteiger partial charge in [-0.3, -0.25) is 19.7 Å². The number of amides is 1. The molecule has 3 heterocycles. The zero-order valence-corrected chi connectivity index (χ0v) is 22.0. The summed E-state index contributed by atoms with van der Waals surface area (Å²) < 4.78 is 63.5. The predicted molar refractivity (Wildman–Crippen MR) is 132 cm³/mol. The van der Waals surface area contributed by atoms with Gasteiger partial charge in [-0.15, -0.1) is 0 Å². The molecular formula is C26H30F6N4O5. The van der Waals surface area contributed by atoms with E-state index < -0.39 is 24.3 Å². The van der Waals surface area contributed by atoms with Gasteiger partial charge in [0.25, 0.3) is 0 Å². The Hall–Kier alpha value is -3.75. The Bertz CT molecular complexity index is 1110. The first kappa shape index (κ1) is 33.5. The van der Waals surface area contributed by atoms with Crippen LogP contribution < -0.4 is 0 Å². The lowest BCUT2D eigenvalue weighted by Gasteiger charge is -2.39. The number of aromatic nitrogens is 2. The number of carbonyl (C=O) groups is 3. The highest BCUT2D eigenvalue weighted by atomic mass is 19.4. The number of pyridine rings is 2. The number of carboxylic acid groups (broad SMARTS) is 2. The van der Waals surface area contributed by atoms with Gasteiger partial charge in [-0.1, -0.05) is 18.6 Å². The molecule has 0 spiro atoms. The van der Waals surface area contributed by atoms with E-state index in [1.165, 1.54) is 24.8 Å². The minimum atomic E-state index is -5.08.